The Bertz CT molecular complexity index is 313. The van der Waals surface area contributed by atoms with Gasteiger partial charge in [0.1, 0.15) is 6.17 Å². The minimum Gasteiger partial charge on any atom is -0.356 e. The third-order valence-electron chi connectivity index (χ3n) is 5.67. The molecule has 2 nitrogen and oxygen atoms in total. The quantitative estimate of drug-likeness (QED) is 0.254. The van der Waals surface area contributed by atoms with Crippen molar-refractivity contribution in [1.82, 2.24) is 9.80 Å². The first kappa shape index (κ1) is 22.4. The molecule has 0 aromatic carbocycles. The van der Waals surface area contributed by atoms with Gasteiger partial charge in [0.15, 0.2) is 0 Å². The van der Waals surface area contributed by atoms with Gasteiger partial charge in [-0.2, -0.15) is 0 Å². The maximum absolute atomic E-state index is 2.59. The van der Waals surface area contributed by atoms with E-state index in [4.69, 9.17) is 0 Å². The Morgan fingerprint density at radius 3 is 1.60 bits per heavy atom. The van der Waals surface area contributed by atoms with Crippen LogP contribution >= 0.6 is 0 Å². The van der Waals surface area contributed by atoms with Crippen LogP contribution in [0.3, 0.4) is 0 Å². The van der Waals surface area contributed by atoms with Gasteiger partial charge in [-0.15, -0.1) is 0 Å². The van der Waals surface area contributed by atoms with Gasteiger partial charge in [-0.1, -0.05) is 90.9 Å². The molecule has 1 aliphatic rings. The lowest BCUT2D eigenvalue weighted by Gasteiger charge is -2.32. The summed E-state index contributed by atoms with van der Waals surface area (Å²) in [6.45, 7) is 9.26. The molecule has 1 unspecified atom stereocenters. The molecule has 0 saturated carbocycles. The Morgan fingerprint density at radius 2 is 1.04 bits per heavy atom. The minimum atomic E-state index is 0.639. The summed E-state index contributed by atoms with van der Waals surface area (Å²) in [5, 5.41) is 0. The molecule has 0 aliphatic carbocycles. The van der Waals surface area contributed by atoms with E-state index in [-0.39, 0.29) is 0 Å². The molecule has 2 heteroatoms. The number of unbranched alkanes of at least 4 members (excludes halogenated alkanes) is 12. The Morgan fingerprint density at radius 1 is 0.560 bits per heavy atom. The molecule has 0 N–H and O–H groups in total. The summed E-state index contributed by atoms with van der Waals surface area (Å²) >= 11 is 0. The highest BCUT2D eigenvalue weighted by Gasteiger charge is 2.23. The van der Waals surface area contributed by atoms with Crippen LogP contribution in [-0.4, -0.2) is 29.1 Å². The van der Waals surface area contributed by atoms with E-state index in [0.29, 0.717) is 6.17 Å². The molecule has 0 amide bonds. The van der Waals surface area contributed by atoms with E-state index >= 15 is 0 Å². The Hall–Kier alpha value is -0.660. The van der Waals surface area contributed by atoms with E-state index in [9.17, 15) is 0 Å². The molecule has 0 aromatic rings. The highest BCUT2D eigenvalue weighted by atomic mass is 15.4. The highest BCUT2D eigenvalue weighted by Crippen LogP contribution is 2.22. The van der Waals surface area contributed by atoms with Crippen molar-refractivity contribution in [2.75, 3.05) is 13.1 Å². The first-order valence-corrected chi connectivity index (χ1v) is 11.5. The first-order chi connectivity index (χ1) is 12.3. The Labute approximate surface area is 159 Å². The standard InChI is InChI=1S/C23H46N2/c1-4-7-9-10-11-12-13-14-15-16-17-19-23-24(6-3)21-22-25(23)20-18-8-5-2/h21-23H,4-20H2,1-3H3. The van der Waals surface area contributed by atoms with E-state index in [2.05, 4.69) is 43.0 Å². The molecular formula is C23H46N2. The van der Waals surface area contributed by atoms with Gasteiger partial charge in [0.05, 0.1) is 0 Å². The molecule has 0 saturated heterocycles. The van der Waals surface area contributed by atoms with Crippen molar-refractivity contribution in [2.45, 2.75) is 123 Å². The molecule has 1 rings (SSSR count). The summed E-state index contributed by atoms with van der Waals surface area (Å²) in [7, 11) is 0. The maximum atomic E-state index is 2.59. The van der Waals surface area contributed by atoms with Crippen LogP contribution in [0, 0.1) is 0 Å². The second kappa shape index (κ2) is 15.6. The van der Waals surface area contributed by atoms with E-state index in [1.165, 1.54) is 103 Å². The van der Waals surface area contributed by atoms with Crippen LogP contribution < -0.4 is 0 Å². The molecule has 0 spiro atoms. The average molecular weight is 351 g/mol. The molecule has 1 aliphatic heterocycles. The minimum absolute atomic E-state index is 0.639. The lowest BCUT2D eigenvalue weighted by Crippen LogP contribution is -2.38. The molecule has 148 valence electrons. The van der Waals surface area contributed by atoms with Gasteiger partial charge in [-0.25, -0.2) is 0 Å². The van der Waals surface area contributed by atoms with Gasteiger partial charge in [0.25, 0.3) is 0 Å². The Kier molecular flexibility index (Phi) is 14.0. The summed E-state index contributed by atoms with van der Waals surface area (Å²) in [4.78, 5) is 5.12. The van der Waals surface area contributed by atoms with Crippen molar-refractivity contribution in [3.05, 3.63) is 12.4 Å². The van der Waals surface area contributed by atoms with E-state index in [1.807, 2.05) is 0 Å². The molecule has 0 bridgehead atoms. The molecule has 25 heavy (non-hydrogen) atoms. The topological polar surface area (TPSA) is 6.48 Å². The molecule has 1 heterocycles. The normalized spacial score (nSPS) is 17.0. The third kappa shape index (κ3) is 10.2. The maximum Gasteiger partial charge on any atom is 0.101 e. The SMILES string of the molecule is CCCCCCCCCCCCCC1N(CC)C=CN1CCCCC. The van der Waals surface area contributed by atoms with Gasteiger partial charge in [0.2, 0.25) is 0 Å². The zero-order chi connectivity index (χ0) is 18.2. The fourth-order valence-corrected chi connectivity index (χ4v) is 3.97. The zero-order valence-electron chi connectivity index (χ0n) is 17.6. The number of hydrogen-bond donors (Lipinski definition) is 0. The van der Waals surface area contributed by atoms with Crippen LogP contribution in [0.4, 0.5) is 0 Å². The lowest BCUT2D eigenvalue weighted by molar-refractivity contribution is 0.142. The Balaban J connectivity index is 2.02. The summed E-state index contributed by atoms with van der Waals surface area (Å²) in [6, 6.07) is 0. The first-order valence-electron chi connectivity index (χ1n) is 11.5. The second-order valence-electron chi connectivity index (χ2n) is 7.88. The van der Waals surface area contributed by atoms with Crippen molar-refractivity contribution >= 4 is 0 Å². The fraction of sp³-hybridized carbons (Fsp3) is 0.913. The van der Waals surface area contributed by atoms with E-state index in [1.54, 1.807) is 0 Å². The molecule has 0 radical (unpaired) electrons. The van der Waals surface area contributed by atoms with Gasteiger partial charge in [-0.05, 0) is 26.2 Å². The molecule has 0 fully saturated rings. The van der Waals surface area contributed by atoms with Gasteiger partial charge < -0.3 is 9.80 Å². The summed E-state index contributed by atoms with van der Waals surface area (Å²) in [5.41, 5.74) is 0. The predicted octanol–water partition coefficient (Wildman–Crippen LogP) is 7.31. The van der Waals surface area contributed by atoms with Crippen LogP contribution in [0.25, 0.3) is 0 Å². The van der Waals surface area contributed by atoms with Crippen molar-refractivity contribution in [3.63, 3.8) is 0 Å². The van der Waals surface area contributed by atoms with Crippen LogP contribution in [0.15, 0.2) is 12.4 Å². The summed E-state index contributed by atoms with van der Waals surface area (Å²) in [5.74, 6) is 0. The number of rotatable bonds is 17. The van der Waals surface area contributed by atoms with Crippen molar-refractivity contribution in [3.8, 4) is 0 Å². The van der Waals surface area contributed by atoms with Gasteiger partial charge in [0, 0.05) is 25.5 Å². The molecule has 1 atom stereocenters. The van der Waals surface area contributed by atoms with Crippen LogP contribution in [-0.2, 0) is 0 Å². The summed E-state index contributed by atoms with van der Waals surface area (Å²) < 4.78 is 0. The number of hydrogen-bond acceptors (Lipinski definition) is 2. The summed E-state index contributed by atoms with van der Waals surface area (Å²) in [6.07, 6.45) is 26.5. The second-order valence-corrected chi connectivity index (χ2v) is 7.88. The largest absolute Gasteiger partial charge is 0.356 e. The highest BCUT2D eigenvalue weighted by molar-refractivity contribution is 4.96. The zero-order valence-corrected chi connectivity index (χ0v) is 17.6. The van der Waals surface area contributed by atoms with Gasteiger partial charge >= 0.3 is 0 Å². The predicted molar refractivity (Wildman–Crippen MR) is 113 cm³/mol. The third-order valence-corrected chi connectivity index (χ3v) is 5.67. The lowest BCUT2D eigenvalue weighted by atomic mass is 10.0. The van der Waals surface area contributed by atoms with Crippen molar-refractivity contribution in [1.29, 1.82) is 0 Å². The average Bonchev–Trinajstić information content (AvgIpc) is 3.02. The van der Waals surface area contributed by atoms with Crippen LogP contribution in [0.5, 0.6) is 0 Å². The molecule has 0 aromatic heterocycles. The number of nitrogens with zero attached hydrogens (tertiary/aromatic N) is 2. The van der Waals surface area contributed by atoms with Crippen molar-refractivity contribution < 1.29 is 0 Å². The monoisotopic (exact) mass is 350 g/mol. The van der Waals surface area contributed by atoms with Crippen LogP contribution in [0.1, 0.15) is 117 Å². The smallest absolute Gasteiger partial charge is 0.101 e. The molecular weight excluding hydrogens is 304 g/mol. The van der Waals surface area contributed by atoms with Gasteiger partial charge in [-0.3, -0.25) is 0 Å². The fourth-order valence-electron chi connectivity index (χ4n) is 3.97. The van der Waals surface area contributed by atoms with E-state index < -0.39 is 0 Å². The van der Waals surface area contributed by atoms with E-state index in [0.717, 1.165) is 6.54 Å². The van der Waals surface area contributed by atoms with Crippen molar-refractivity contribution in [2.24, 2.45) is 0 Å². The van der Waals surface area contributed by atoms with Crippen LogP contribution in [0.2, 0.25) is 0 Å².